The molecule has 394 valence electrons. The van der Waals surface area contributed by atoms with Crippen molar-refractivity contribution in [3.8, 4) is 0 Å². The topological polar surface area (TPSA) is 83.1 Å². The Labute approximate surface area is 458 Å². The van der Waals surface area contributed by atoms with Gasteiger partial charge in [-0.1, -0.05) is 273 Å². The molecule has 4 N–H and O–H groups in total. The number of aldehydes is 1. The molecule has 0 saturated carbocycles. The van der Waals surface area contributed by atoms with Crippen LogP contribution in [0.1, 0.15) is 67.3 Å². The van der Waals surface area contributed by atoms with Gasteiger partial charge in [0.25, 0.3) is 0 Å². The first-order valence-corrected chi connectivity index (χ1v) is 27.0. The first-order valence-electron chi connectivity index (χ1n) is 27.0. The van der Waals surface area contributed by atoms with Gasteiger partial charge in [-0.05, 0) is 44.5 Å². The molecule has 0 amide bonds. The molecule has 9 aromatic rings. The number of hydrogen-bond donors (Lipinski definition) is 4. The van der Waals surface area contributed by atoms with E-state index in [1.165, 1.54) is 38.9 Å². The third-order valence-corrected chi connectivity index (χ3v) is 13.1. The number of benzene rings is 9. The summed E-state index contributed by atoms with van der Waals surface area (Å²) in [6.45, 7) is 11.2. The molecule has 0 aliphatic carbocycles. The van der Waals surface area contributed by atoms with Crippen molar-refractivity contribution in [3.63, 3.8) is 0 Å². The zero-order chi connectivity index (χ0) is 53.2. The molecule has 10 rings (SSSR count). The van der Waals surface area contributed by atoms with E-state index in [1.54, 1.807) is 12.1 Å². The van der Waals surface area contributed by atoms with Crippen molar-refractivity contribution in [2.75, 3.05) is 39.3 Å². The molecule has 1 aliphatic rings. The summed E-state index contributed by atoms with van der Waals surface area (Å²) in [5, 5.41) is 21.2. The molecule has 8 heteroatoms. The first kappa shape index (κ1) is 57.1. The van der Waals surface area contributed by atoms with Crippen LogP contribution in [0, 0.1) is 0 Å². The summed E-state index contributed by atoms with van der Waals surface area (Å²) in [4.78, 5) is 17.3. The number of nitrogens with zero attached hydrogens (tertiary/aromatic N) is 3. The van der Waals surface area contributed by atoms with Crippen molar-refractivity contribution in [2.45, 2.75) is 51.7 Å². The molecule has 1 saturated heterocycles. The Kier molecular flexibility index (Phi) is 25.3. The Morgan fingerprint density at radius 2 is 0.740 bits per heavy atom. The minimum atomic E-state index is -0.616. The molecule has 1 fully saturated rings. The molecule has 1 atom stereocenters. The van der Waals surface area contributed by atoms with Crippen molar-refractivity contribution >= 4 is 6.29 Å². The van der Waals surface area contributed by atoms with E-state index in [1.807, 2.05) is 84.9 Å². The Balaban J connectivity index is 0.000000158. The summed E-state index contributed by atoms with van der Waals surface area (Å²) in [6, 6.07) is 93.1. The Bertz CT molecular complexity index is 2780. The monoisotopic (exact) mass is 1020 g/mol. The lowest BCUT2D eigenvalue weighted by Gasteiger charge is -2.31. The molecule has 1 heterocycles. The molecular formula is C69H76N6O2. The van der Waals surface area contributed by atoms with Gasteiger partial charge in [0.15, 0.2) is 0 Å². The van der Waals surface area contributed by atoms with Crippen LogP contribution in [0.2, 0.25) is 0 Å². The number of carbonyl (C=O) groups excluding carboxylic acids is 1. The first-order chi connectivity index (χ1) is 38.1. The van der Waals surface area contributed by atoms with Gasteiger partial charge in [0.05, 0.1) is 6.17 Å². The van der Waals surface area contributed by atoms with Crippen molar-refractivity contribution in [2.24, 2.45) is 0 Å². The van der Waals surface area contributed by atoms with Gasteiger partial charge in [-0.15, -0.1) is 0 Å². The lowest BCUT2D eigenvalue weighted by molar-refractivity contribution is -0.00366. The Morgan fingerprint density at radius 3 is 1.12 bits per heavy atom. The number of nitrogens with one attached hydrogen (secondary N) is 3. The van der Waals surface area contributed by atoms with Crippen molar-refractivity contribution in [1.29, 1.82) is 0 Å². The summed E-state index contributed by atoms with van der Waals surface area (Å²) in [7, 11) is 0. The van der Waals surface area contributed by atoms with Crippen molar-refractivity contribution in [3.05, 3.63) is 323 Å². The van der Waals surface area contributed by atoms with E-state index in [4.69, 9.17) is 0 Å². The maximum absolute atomic E-state index is 10.9. The second-order valence-corrected chi connectivity index (χ2v) is 19.0. The standard InChI is InChI=1S/C23H26N2O.C23H24N2.C16H20N2.C7H6O/c26-23(22-14-8-3-9-15-22)25(19-21-12-6-2-7-13-21)17-16-24-18-20-10-4-1-5-11-20;1-4-10-20(11-5-1)18-24-16-17-25(19-21-12-6-2-7-13-21)23(24)22-14-8-3-9-15-22;1-3-7-15(8-4-1)13-17-11-12-18-14-16-9-5-2-6-10-16;8-6-7-4-2-1-3-5-7/h1-15,23-24,26H,16-19H2;1-15,23H,16-19H2;1-10,17-18H,11-14H2;1-6H. The summed E-state index contributed by atoms with van der Waals surface area (Å²) < 4.78 is 0. The van der Waals surface area contributed by atoms with Gasteiger partial charge in [-0.25, -0.2) is 0 Å². The minimum absolute atomic E-state index is 0.335. The van der Waals surface area contributed by atoms with Gasteiger partial charge >= 0.3 is 0 Å². The molecule has 9 aromatic carbocycles. The second kappa shape index (κ2) is 34.1. The van der Waals surface area contributed by atoms with E-state index in [0.29, 0.717) is 12.7 Å². The van der Waals surface area contributed by atoms with Gasteiger partial charge in [0.2, 0.25) is 0 Å². The Hall–Kier alpha value is -7.63. The van der Waals surface area contributed by atoms with Crippen LogP contribution in [0.25, 0.3) is 0 Å². The quantitative estimate of drug-likeness (QED) is 0.0304. The molecule has 0 aromatic heterocycles. The zero-order valence-electron chi connectivity index (χ0n) is 44.4. The summed E-state index contributed by atoms with van der Waals surface area (Å²) in [6.07, 6.45) is 0.552. The largest absolute Gasteiger partial charge is 0.374 e. The van der Waals surface area contributed by atoms with E-state index < -0.39 is 6.23 Å². The van der Waals surface area contributed by atoms with Gasteiger partial charge in [0.1, 0.15) is 12.5 Å². The van der Waals surface area contributed by atoms with Crippen LogP contribution in [0.15, 0.2) is 273 Å². The fourth-order valence-corrected chi connectivity index (χ4v) is 9.10. The highest BCUT2D eigenvalue weighted by Gasteiger charge is 2.33. The van der Waals surface area contributed by atoms with Crippen LogP contribution in [0.3, 0.4) is 0 Å². The lowest BCUT2D eigenvalue weighted by Crippen LogP contribution is -2.34. The van der Waals surface area contributed by atoms with E-state index in [-0.39, 0.29) is 0 Å². The predicted octanol–water partition coefficient (Wildman–Crippen LogP) is 12.7. The maximum Gasteiger partial charge on any atom is 0.150 e. The molecule has 1 unspecified atom stereocenters. The van der Waals surface area contributed by atoms with Crippen molar-refractivity contribution in [1.82, 2.24) is 30.7 Å². The highest BCUT2D eigenvalue weighted by Crippen LogP contribution is 2.32. The third-order valence-electron chi connectivity index (χ3n) is 13.1. The number of carbonyl (C=O) groups is 1. The zero-order valence-corrected chi connectivity index (χ0v) is 44.4. The highest BCUT2D eigenvalue weighted by molar-refractivity contribution is 5.74. The van der Waals surface area contributed by atoms with E-state index in [2.05, 4.69) is 207 Å². The third kappa shape index (κ3) is 21.1. The molecular weight excluding hydrogens is 945 g/mol. The SMILES string of the molecule is O=Cc1ccccc1.OC(c1ccccc1)N(CCNCc1ccccc1)Cc1ccccc1.c1ccc(CN2CCN(Cc3ccccc3)C2c2ccccc2)cc1.c1ccc(CNCCNCc2ccccc2)cc1. The van der Waals surface area contributed by atoms with E-state index in [9.17, 15) is 9.90 Å². The summed E-state index contributed by atoms with van der Waals surface area (Å²) >= 11 is 0. The van der Waals surface area contributed by atoms with Gasteiger partial charge in [0, 0.05) is 84.1 Å². The van der Waals surface area contributed by atoms with Crippen LogP contribution in [-0.4, -0.2) is 65.4 Å². The molecule has 1 aliphatic heterocycles. The minimum Gasteiger partial charge on any atom is -0.374 e. The van der Waals surface area contributed by atoms with Gasteiger partial charge < -0.3 is 21.1 Å². The normalized spacial score (nSPS) is 12.8. The summed E-state index contributed by atoms with van der Waals surface area (Å²) in [5.74, 6) is 0. The average Bonchev–Trinajstić information content (AvgIpc) is 3.90. The fraction of sp³-hybridized carbons (Fsp3) is 0.203. The number of hydrogen-bond acceptors (Lipinski definition) is 8. The number of aliphatic hydroxyl groups excluding tert-OH is 1. The Morgan fingerprint density at radius 1 is 0.416 bits per heavy atom. The van der Waals surface area contributed by atoms with Crippen molar-refractivity contribution < 1.29 is 9.90 Å². The average molecular weight is 1020 g/mol. The van der Waals surface area contributed by atoms with Crippen LogP contribution in [0.4, 0.5) is 0 Å². The molecule has 0 bridgehead atoms. The fourth-order valence-electron chi connectivity index (χ4n) is 9.10. The molecule has 77 heavy (non-hydrogen) atoms. The summed E-state index contributed by atoms with van der Waals surface area (Å²) in [5.41, 5.74) is 10.9. The highest BCUT2D eigenvalue weighted by atomic mass is 16.3. The number of rotatable bonds is 22. The smallest absolute Gasteiger partial charge is 0.150 e. The molecule has 8 nitrogen and oxygen atoms in total. The maximum atomic E-state index is 10.9. The predicted molar refractivity (Wildman–Crippen MR) is 317 cm³/mol. The van der Waals surface area contributed by atoms with E-state index in [0.717, 1.165) is 89.4 Å². The number of aliphatic hydroxyl groups is 1. The van der Waals surface area contributed by atoms with Crippen LogP contribution in [0.5, 0.6) is 0 Å². The van der Waals surface area contributed by atoms with Crippen LogP contribution < -0.4 is 16.0 Å². The lowest BCUT2D eigenvalue weighted by atomic mass is 10.1. The van der Waals surface area contributed by atoms with Gasteiger partial charge in [-0.3, -0.25) is 19.5 Å². The van der Waals surface area contributed by atoms with Crippen LogP contribution >= 0.6 is 0 Å². The molecule has 0 radical (unpaired) electrons. The second-order valence-electron chi connectivity index (χ2n) is 19.0. The van der Waals surface area contributed by atoms with Crippen LogP contribution in [-0.2, 0) is 39.3 Å². The van der Waals surface area contributed by atoms with E-state index >= 15 is 0 Å². The van der Waals surface area contributed by atoms with Gasteiger partial charge in [-0.2, -0.15) is 0 Å². The molecule has 0 spiro atoms.